The molecule has 0 fully saturated rings. The Kier molecular flexibility index (Phi) is 9.56. The highest BCUT2D eigenvalue weighted by Gasteiger charge is 2.21. The molecular weight excluding hydrogens is 346 g/mol. The molecule has 1 rings (SSSR count). The Morgan fingerprint density at radius 1 is 1.29 bits per heavy atom. The van der Waals surface area contributed by atoms with Crippen molar-refractivity contribution in [2.45, 2.75) is 39.2 Å². The van der Waals surface area contributed by atoms with Crippen LogP contribution in [-0.2, 0) is 11.2 Å². The Bertz CT molecular complexity index is 505. The lowest BCUT2D eigenvalue weighted by Crippen LogP contribution is -2.38. The molecule has 1 aromatic rings. The molecule has 0 atom stereocenters. The van der Waals surface area contributed by atoms with Crippen molar-refractivity contribution in [1.82, 2.24) is 4.90 Å². The second kappa shape index (κ2) is 10.9. The number of hydrogen-bond donors (Lipinski definition) is 1. The van der Waals surface area contributed by atoms with Crippen molar-refractivity contribution in [2.24, 2.45) is 0 Å². The van der Waals surface area contributed by atoms with E-state index in [1.165, 1.54) is 0 Å². The number of benzene rings is 1. The zero-order valence-electron chi connectivity index (χ0n) is 14.8. The van der Waals surface area contributed by atoms with Crippen LogP contribution in [0.5, 0.6) is 0 Å². The maximum atomic E-state index is 12.4. The average molecular weight is 374 g/mol. The fourth-order valence-electron chi connectivity index (χ4n) is 2.10. The smallest absolute Gasteiger partial charge is 0.410 e. The lowest BCUT2D eigenvalue weighted by Gasteiger charge is -2.27. The van der Waals surface area contributed by atoms with Gasteiger partial charge < -0.3 is 14.7 Å². The van der Waals surface area contributed by atoms with Crippen molar-refractivity contribution < 1.29 is 14.6 Å². The summed E-state index contributed by atoms with van der Waals surface area (Å²) in [6.07, 6.45) is 1.33. The molecule has 6 heteroatoms. The van der Waals surface area contributed by atoms with E-state index < -0.39 is 5.60 Å². The molecular formula is C18H28ClNO3S. The van der Waals surface area contributed by atoms with E-state index in [1.807, 2.05) is 45.0 Å². The molecule has 136 valence electrons. The molecule has 0 saturated heterocycles. The number of aliphatic hydroxyl groups is 1. The second-order valence-electron chi connectivity index (χ2n) is 6.54. The first kappa shape index (κ1) is 21.1. The number of ether oxygens (including phenoxy) is 1. The Balaban J connectivity index is 2.57. The van der Waals surface area contributed by atoms with Crippen molar-refractivity contribution in [3.8, 4) is 0 Å². The standard InChI is InChI=1S/C18H28ClNO3S/c1-18(2,3)23-17(22)20(9-5-12-24-13-11-21)10-8-15-6-4-7-16(19)14-15/h4,6-7,14,21H,5,8-13H2,1-3H3. The molecule has 0 bridgehead atoms. The SMILES string of the molecule is CC(C)(C)OC(=O)N(CCCSCCO)CCc1cccc(Cl)c1. The predicted octanol–water partition coefficient (Wildman–Crippen LogP) is 4.24. The van der Waals surface area contributed by atoms with Crippen LogP contribution >= 0.6 is 23.4 Å². The summed E-state index contributed by atoms with van der Waals surface area (Å²) < 4.78 is 5.50. The topological polar surface area (TPSA) is 49.8 Å². The van der Waals surface area contributed by atoms with Crippen LogP contribution < -0.4 is 0 Å². The Labute approximate surface area is 154 Å². The van der Waals surface area contributed by atoms with Gasteiger partial charge in [0.2, 0.25) is 0 Å². The van der Waals surface area contributed by atoms with Crippen LogP contribution in [0.3, 0.4) is 0 Å². The number of nitrogens with zero attached hydrogens (tertiary/aromatic N) is 1. The molecule has 0 heterocycles. The van der Waals surface area contributed by atoms with Gasteiger partial charge in [-0.15, -0.1) is 0 Å². The third kappa shape index (κ3) is 9.40. The molecule has 0 aliphatic carbocycles. The first-order chi connectivity index (χ1) is 11.3. The van der Waals surface area contributed by atoms with E-state index in [9.17, 15) is 4.79 Å². The fraction of sp³-hybridized carbons (Fsp3) is 0.611. The number of halogens is 1. The molecule has 24 heavy (non-hydrogen) atoms. The van der Waals surface area contributed by atoms with Gasteiger partial charge in [0, 0.05) is 23.9 Å². The number of thioether (sulfide) groups is 1. The number of aliphatic hydroxyl groups excluding tert-OH is 1. The zero-order chi connectivity index (χ0) is 18.0. The Morgan fingerprint density at radius 3 is 2.67 bits per heavy atom. The lowest BCUT2D eigenvalue weighted by molar-refractivity contribution is 0.0252. The molecule has 0 aliphatic heterocycles. The maximum Gasteiger partial charge on any atom is 0.410 e. The van der Waals surface area contributed by atoms with Crippen molar-refractivity contribution in [3.05, 3.63) is 34.9 Å². The summed E-state index contributed by atoms with van der Waals surface area (Å²) in [4.78, 5) is 14.2. The summed E-state index contributed by atoms with van der Waals surface area (Å²) in [5, 5.41) is 9.51. The molecule has 0 unspecified atom stereocenters. The molecule has 0 aliphatic rings. The van der Waals surface area contributed by atoms with Gasteiger partial charge in [-0.3, -0.25) is 0 Å². The summed E-state index contributed by atoms with van der Waals surface area (Å²) in [6, 6.07) is 7.69. The van der Waals surface area contributed by atoms with Crippen molar-refractivity contribution in [3.63, 3.8) is 0 Å². The molecule has 1 aromatic carbocycles. The quantitative estimate of drug-likeness (QED) is 0.658. The van der Waals surface area contributed by atoms with Gasteiger partial charge in [0.1, 0.15) is 5.60 Å². The molecule has 0 radical (unpaired) electrons. The number of rotatable bonds is 9. The van der Waals surface area contributed by atoms with E-state index in [0.29, 0.717) is 18.1 Å². The minimum atomic E-state index is -0.503. The fourth-order valence-corrected chi connectivity index (χ4v) is 2.98. The van der Waals surface area contributed by atoms with Crippen LogP contribution in [0.25, 0.3) is 0 Å². The van der Waals surface area contributed by atoms with Crippen molar-refractivity contribution >= 4 is 29.5 Å². The molecule has 1 N–H and O–H groups in total. The third-order valence-electron chi connectivity index (χ3n) is 3.16. The van der Waals surface area contributed by atoms with Gasteiger partial charge >= 0.3 is 6.09 Å². The number of amides is 1. The number of carbonyl (C=O) groups excluding carboxylic acids is 1. The summed E-state index contributed by atoms with van der Waals surface area (Å²) in [6.45, 7) is 7.05. The van der Waals surface area contributed by atoms with E-state index in [1.54, 1.807) is 16.7 Å². The van der Waals surface area contributed by atoms with E-state index in [4.69, 9.17) is 21.4 Å². The number of hydrogen-bond acceptors (Lipinski definition) is 4. The van der Waals surface area contributed by atoms with Gasteiger partial charge in [-0.05, 0) is 57.1 Å². The normalized spacial score (nSPS) is 11.4. The zero-order valence-corrected chi connectivity index (χ0v) is 16.3. The van der Waals surface area contributed by atoms with Gasteiger partial charge in [-0.25, -0.2) is 4.79 Å². The third-order valence-corrected chi connectivity index (χ3v) is 4.45. The summed E-state index contributed by atoms with van der Waals surface area (Å²) >= 11 is 7.70. The second-order valence-corrected chi connectivity index (χ2v) is 8.20. The first-order valence-corrected chi connectivity index (χ1v) is 9.76. The summed E-state index contributed by atoms with van der Waals surface area (Å²) in [7, 11) is 0. The van der Waals surface area contributed by atoms with Gasteiger partial charge in [-0.2, -0.15) is 11.8 Å². The monoisotopic (exact) mass is 373 g/mol. The minimum absolute atomic E-state index is 0.190. The van der Waals surface area contributed by atoms with Crippen molar-refractivity contribution in [2.75, 3.05) is 31.2 Å². The van der Waals surface area contributed by atoms with Crippen LogP contribution in [0.1, 0.15) is 32.8 Å². The predicted molar refractivity (Wildman–Crippen MR) is 102 cm³/mol. The van der Waals surface area contributed by atoms with Crippen LogP contribution in [0, 0.1) is 0 Å². The number of carbonyl (C=O) groups is 1. The van der Waals surface area contributed by atoms with Crippen LogP contribution in [0.15, 0.2) is 24.3 Å². The highest BCUT2D eigenvalue weighted by molar-refractivity contribution is 7.99. The van der Waals surface area contributed by atoms with Gasteiger partial charge in [0.05, 0.1) is 6.61 Å². The average Bonchev–Trinajstić information content (AvgIpc) is 2.48. The lowest BCUT2D eigenvalue weighted by atomic mass is 10.1. The summed E-state index contributed by atoms with van der Waals surface area (Å²) in [5.41, 5.74) is 0.600. The summed E-state index contributed by atoms with van der Waals surface area (Å²) in [5.74, 6) is 1.64. The largest absolute Gasteiger partial charge is 0.444 e. The minimum Gasteiger partial charge on any atom is -0.444 e. The van der Waals surface area contributed by atoms with Crippen LogP contribution in [0.4, 0.5) is 4.79 Å². The maximum absolute atomic E-state index is 12.4. The van der Waals surface area contributed by atoms with E-state index >= 15 is 0 Å². The van der Waals surface area contributed by atoms with E-state index in [2.05, 4.69) is 0 Å². The first-order valence-electron chi connectivity index (χ1n) is 8.23. The van der Waals surface area contributed by atoms with Crippen LogP contribution in [0.2, 0.25) is 5.02 Å². The Hall–Kier alpha value is -0.910. The molecule has 4 nitrogen and oxygen atoms in total. The van der Waals surface area contributed by atoms with Gasteiger partial charge in [0.25, 0.3) is 0 Å². The van der Waals surface area contributed by atoms with Gasteiger partial charge in [-0.1, -0.05) is 23.7 Å². The highest BCUT2D eigenvalue weighted by Crippen LogP contribution is 2.14. The molecule has 1 amide bonds. The van der Waals surface area contributed by atoms with E-state index in [-0.39, 0.29) is 12.7 Å². The van der Waals surface area contributed by atoms with Crippen molar-refractivity contribution in [1.29, 1.82) is 0 Å². The Morgan fingerprint density at radius 2 is 2.04 bits per heavy atom. The highest BCUT2D eigenvalue weighted by atomic mass is 35.5. The van der Waals surface area contributed by atoms with Crippen LogP contribution in [-0.4, -0.2) is 52.9 Å². The molecule has 0 saturated carbocycles. The molecule has 0 spiro atoms. The molecule has 0 aromatic heterocycles. The van der Waals surface area contributed by atoms with E-state index in [0.717, 1.165) is 29.9 Å². The van der Waals surface area contributed by atoms with Gasteiger partial charge in [0.15, 0.2) is 0 Å².